The summed E-state index contributed by atoms with van der Waals surface area (Å²) in [5, 5.41) is 21.0. The number of halogens is 2. The maximum Gasteiger partial charge on any atom is 0.326 e. The van der Waals surface area contributed by atoms with Crippen LogP contribution < -0.4 is 5.32 Å². The van der Waals surface area contributed by atoms with Crippen molar-refractivity contribution in [2.24, 2.45) is 0 Å². The molecular weight excluding hydrogens is 464 g/mol. The molecule has 0 radical (unpaired) electrons. The lowest BCUT2D eigenvalue weighted by Gasteiger charge is -2.14. The van der Waals surface area contributed by atoms with Gasteiger partial charge in [0.1, 0.15) is 11.8 Å². The monoisotopic (exact) mass is 475 g/mol. The van der Waals surface area contributed by atoms with Gasteiger partial charge in [-0.1, -0.05) is 0 Å². The first-order valence-electron chi connectivity index (χ1n) is 4.98. The zero-order valence-electron chi connectivity index (χ0n) is 9.41. The van der Waals surface area contributed by atoms with E-state index in [1.165, 1.54) is 6.92 Å². The predicted octanol–water partition coefficient (Wildman–Crippen LogP) is 1.73. The van der Waals surface area contributed by atoms with E-state index in [9.17, 15) is 14.7 Å². The molecule has 0 saturated heterocycles. The Labute approximate surface area is 131 Å². The van der Waals surface area contributed by atoms with Crippen LogP contribution in [0.3, 0.4) is 0 Å². The largest absolute Gasteiger partial charge is 0.506 e. The Morgan fingerprint density at radius 1 is 1.33 bits per heavy atom. The summed E-state index contributed by atoms with van der Waals surface area (Å²) in [5.74, 6) is -1.28. The van der Waals surface area contributed by atoms with Gasteiger partial charge in [-0.2, -0.15) is 0 Å². The minimum atomic E-state index is -1.08. The average molecular weight is 475 g/mol. The lowest BCUT2D eigenvalue weighted by Crippen LogP contribution is -2.41. The van der Waals surface area contributed by atoms with E-state index < -0.39 is 12.0 Å². The van der Waals surface area contributed by atoms with Crippen LogP contribution in [0.25, 0.3) is 0 Å². The van der Waals surface area contributed by atoms with Crippen LogP contribution in [0.15, 0.2) is 12.1 Å². The lowest BCUT2D eigenvalue weighted by molar-refractivity contribution is -0.141. The van der Waals surface area contributed by atoms with Crippen LogP contribution in [-0.4, -0.2) is 28.1 Å². The summed E-state index contributed by atoms with van der Waals surface area (Å²) in [7, 11) is 0. The van der Waals surface area contributed by atoms with Gasteiger partial charge in [-0.3, -0.25) is 4.79 Å². The number of carbonyl (C=O) groups excluding carboxylic acids is 1. The van der Waals surface area contributed by atoms with Crippen LogP contribution >= 0.6 is 45.2 Å². The Balaban J connectivity index is 2.94. The van der Waals surface area contributed by atoms with E-state index in [0.29, 0.717) is 7.14 Å². The van der Waals surface area contributed by atoms with Crippen molar-refractivity contribution < 1.29 is 19.8 Å². The van der Waals surface area contributed by atoms with Crippen molar-refractivity contribution in [1.82, 2.24) is 5.32 Å². The number of benzene rings is 1. The molecule has 1 rings (SSSR count). The molecule has 0 heterocycles. The fraction of sp³-hybridized carbons (Fsp3) is 0.273. The Bertz CT molecular complexity index is 467. The standard InChI is InChI=1S/C11H11I2NO4/c1-5(15)14-9(11(17)18)4-6-2-7(12)10(16)8(13)3-6/h2-3,9,16H,4H2,1H3,(H,14,15)(H,17,18)/t9-/m0/s1. The third-order valence-corrected chi connectivity index (χ3v) is 3.84. The molecule has 0 fully saturated rings. The topological polar surface area (TPSA) is 86.6 Å². The molecule has 98 valence electrons. The van der Waals surface area contributed by atoms with E-state index >= 15 is 0 Å². The van der Waals surface area contributed by atoms with E-state index in [-0.39, 0.29) is 18.1 Å². The van der Waals surface area contributed by atoms with Crippen LogP contribution in [0.2, 0.25) is 0 Å². The molecule has 0 saturated carbocycles. The third-order valence-electron chi connectivity index (χ3n) is 2.19. The van der Waals surface area contributed by atoms with Crippen molar-refractivity contribution in [1.29, 1.82) is 0 Å². The zero-order chi connectivity index (χ0) is 13.9. The first-order valence-corrected chi connectivity index (χ1v) is 7.13. The summed E-state index contributed by atoms with van der Waals surface area (Å²) < 4.78 is 1.31. The van der Waals surface area contributed by atoms with Gasteiger partial charge < -0.3 is 15.5 Å². The van der Waals surface area contributed by atoms with E-state index in [4.69, 9.17) is 5.11 Å². The minimum Gasteiger partial charge on any atom is -0.506 e. The summed E-state index contributed by atoms with van der Waals surface area (Å²) in [6.45, 7) is 1.28. The van der Waals surface area contributed by atoms with Crippen LogP contribution in [-0.2, 0) is 16.0 Å². The van der Waals surface area contributed by atoms with Crippen molar-refractivity contribution in [3.63, 3.8) is 0 Å². The molecule has 1 aromatic carbocycles. The van der Waals surface area contributed by atoms with Gasteiger partial charge in [0.05, 0.1) is 7.14 Å². The number of carbonyl (C=O) groups is 2. The highest BCUT2D eigenvalue weighted by atomic mass is 127. The Morgan fingerprint density at radius 3 is 2.22 bits per heavy atom. The quantitative estimate of drug-likeness (QED) is 0.580. The number of hydrogen-bond acceptors (Lipinski definition) is 3. The Morgan fingerprint density at radius 2 is 1.83 bits per heavy atom. The summed E-state index contributed by atoms with van der Waals surface area (Å²) in [4.78, 5) is 21.9. The Kier molecular flexibility index (Phi) is 5.63. The first kappa shape index (κ1) is 15.5. The normalized spacial score (nSPS) is 11.9. The molecule has 1 atom stereocenters. The Hall–Kier alpha value is -0.580. The van der Waals surface area contributed by atoms with Crippen LogP contribution in [0.5, 0.6) is 5.75 Å². The highest BCUT2D eigenvalue weighted by molar-refractivity contribution is 14.1. The van der Waals surface area contributed by atoms with Gasteiger partial charge in [0.2, 0.25) is 5.91 Å². The molecular formula is C11H11I2NO4. The van der Waals surface area contributed by atoms with Gasteiger partial charge in [-0.25, -0.2) is 4.79 Å². The van der Waals surface area contributed by atoms with E-state index in [1.54, 1.807) is 12.1 Å². The molecule has 18 heavy (non-hydrogen) atoms. The first-order chi connectivity index (χ1) is 8.31. The number of phenolic OH excluding ortho intramolecular Hbond substituents is 1. The number of hydrogen-bond donors (Lipinski definition) is 3. The molecule has 0 aromatic heterocycles. The molecule has 0 aliphatic carbocycles. The molecule has 5 nitrogen and oxygen atoms in total. The number of aliphatic carboxylic acids is 1. The smallest absolute Gasteiger partial charge is 0.326 e. The molecule has 1 aromatic rings. The SMILES string of the molecule is CC(=O)N[C@@H](Cc1cc(I)c(O)c(I)c1)C(=O)O. The summed E-state index contributed by atoms with van der Waals surface area (Å²) in [5.41, 5.74) is 0.753. The number of carboxylic acid groups (broad SMARTS) is 1. The fourth-order valence-electron chi connectivity index (χ4n) is 1.42. The van der Waals surface area contributed by atoms with Gasteiger partial charge in [0, 0.05) is 13.3 Å². The molecule has 0 spiro atoms. The van der Waals surface area contributed by atoms with Crippen LogP contribution in [0, 0.1) is 7.14 Å². The van der Waals surface area contributed by atoms with Crippen LogP contribution in [0.1, 0.15) is 12.5 Å². The highest BCUT2D eigenvalue weighted by Crippen LogP contribution is 2.27. The molecule has 0 unspecified atom stereocenters. The van der Waals surface area contributed by atoms with Gasteiger partial charge in [0.25, 0.3) is 0 Å². The molecule has 0 aliphatic heterocycles. The van der Waals surface area contributed by atoms with E-state index in [0.717, 1.165) is 5.56 Å². The lowest BCUT2D eigenvalue weighted by atomic mass is 10.1. The third kappa shape index (κ3) is 4.26. The van der Waals surface area contributed by atoms with Gasteiger partial charge >= 0.3 is 5.97 Å². The number of amides is 1. The molecule has 7 heteroatoms. The second-order valence-electron chi connectivity index (χ2n) is 3.70. The number of carboxylic acids is 1. The second-order valence-corrected chi connectivity index (χ2v) is 6.03. The fourth-order valence-corrected chi connectivity index (χ4v) is 3.31. The second kappa shape index (κ2) is 6.55. The number of aromatic hydroxyl groups is 1. The number of rotatable bonds is 4. The van der Waals surface area contributed by atoms with Gasteiger partial charge in [0.15, 0.2) is 0 Å². The summed E-state index contributed by atoms with van der Waals surface area (Å²) >= 11 is 3.95. The molecule has 0 bridgehead atoms. The van der Waals surface area contributed by atoms with Crippen molar-refractivity contribution in [2.75, 3.05) is 0 Å². The highest BCUT2D eigenvalue weighted by Gasteiger charge is 2.19. The van der Waals surface area contributed by atoms with Crippen LogP contribution in [0.4, 0.5) is 0 Å². The predicted molar refractivity (Wildman–Crippen MR) is 82.5 cm³/mol. The van der Waals surface area contributed by atoms with Crippen molar-refractivity contribution in [3.8, 4) is 5.75 Å². The maximum atomic E-state index is 11.0. The van der Waals surface area contributed by atoms with Gasteiger partial charge in [-0.05, 0) is 62.9 Å². The molecule has 1 amide bonds. The summed E-state index contributed by atoms with van der Waals surface area (Å²) in [6, 6.07) is 2.45. The van der Waals surface area contributed by atoms with Crippen molar-refractivity contribution >= 4 is 57.1 Å². The average Bonchev–Trinajstić information content (AvgIpc) is 2.24. The van der Waals surface area contributed by atoms with E-state index in [2.05, 4.69) is 5.32 Å². The van der Waals surface area contributed by atoms with Crippen molar-refractivity contribution in [2.45, 2.75) is 19.4 Å². The van der Waals surface area contributed by atoms with Crippen molar-refractivity contribution in [3.05, 3.63) is 24.8 Å². The minimum absolute atomic E-state index is 0.182. The maximum absolute atomic E-state index is 11.0. The molecule has 3 N–H and O–H groups in total. The molecule has 0 aliphatic rings. The number of phenols is 1. The summed E-state index contributed by atoms with van der Waals surface area (Å²) in [6.07, 6.45) is 0.182. The van der Waals surface area contributed by atoms with E-state index in [1.807, 2.05) is 45.2 Å². The number of nitrogens with one attached hydrogen (secondary N) is 1. The van der Waals surface area contributed by atoms with Gasteiger partial charge in [-0.15, -0.1) is 0 Å². The zero-order valence-corrected chi connectivity index (χ0v) is 13.7.